The van der Waals surface area contributed by atoms with Crippen molar-refractivity contribution in [3.05, 3.63) is 0 Å². The van der Waals surface area contributed by atoms with E-state index in [2.05, 4.69) is 4.90 Å². The Kier molecular flexibility index (Phi) is 6.42. The molecule has 5 heteroatoms. The molecule has 2 rings (SSSR count). The summed E-state index contributed by atoms with van der Waals surface area (Å²) in [6.07, 6.45) is 9.41. The molecule has 0 radical (unpaired) electrons. The zero-order valence-electron chi connectivity index (χ0n) is 13.2. The number of thiocarbonyl (C=S) groups is 1. The van der Waals surface area contributed by atoms with Gasteiger partial charge in [0.1, 0.15) is 0 Å². The fourth-order valence-electron chi connectivity index (χ4n) is 3.84. The second-order valence-corrected chi connectivity index (χ2v) is 7.10. The van der Waals surface area contributed by atoms with E-state index in [-0.39, 0.29) is 5.91 Å². The van der Waals surface area contributed by atoms with E-state index >= 15 is 0 Å². The number of amides is 1. The predicted octanol–water partition coefficient (Wildman–Crippen LogP) is 2.17. The van der Waals surface area contributed by atoms with E-state index in [1.165, 1.54) is 45.1 Å². The standard InChI is InChI=1S/C16H29N3OS/c1-18(11-8-15(17)21)16(20)9-12-19-10-4-6-13-5-2-3-7-14(13)19/h13-14H,2-12H2,1H3,(H2,17,21). The minimum absolute atomic E-state index is 0.212. The first-order chi connectivity index (χ1) is 10.1. The van der Waals surface area contributed by atoms with E-state index < -0.39 is 0 Å². The predicted molar refractivity (Wildman–Crippen MR) is 90.2 cm³/mol. The summed E-state index contributed by atoms with van der Waals surface area (Å²) in [7, 11) is 1.85. The molecule has 2 atom stereocenters. The summed E-state index contributed by atoms with van der Waals surface area (Å²) in [5.74, 6) is 1.10. The lowest BCUT2D eigenvalue weighted by atomic mass is 9.78. The number of fused-ring (bicyclic) bond motifs is 1. The molecule has 1 amide bonds. The Morgan fingerprint density at radius 2 is 1.95 bits per heavy atom. The average Bonchev–Trinajstić information content (AvgIpc) is 2.50. The van der Waals surface area contributed by atoms with E-state index in [0.717, 1.165) is 18.5 Å². The van der Waals surface area contributed by atoms with E-state index in [0.29, 0.717) is 24.4 Å². The molecule has 21 heavy (non-hydrogen) atoms. The molecule has 0 aromatic rings. The third kappa shape index (κ3) is 4.92. The van der Waals surface area contributed by atoms with Crippen molar-refractivity contribution in [1.29, 1.82) is 0 Å². The van der Waals surface area contributed by atoms with Gasteiger partial charge in [0.25, 0.3) is 0 Å². The molecule has 120 valence electrons. The zero-order chi connectivity index (χ0) is 15.2. The van der Waals surface area contributed by atoms with Crippen LogP contribution >= 0.6 is 12.2 Å². The normalized spacial score (nSPS) is 26.1. The van der Waals surface area contributed by atoms with Gasteiger partial charge in [-0.15, -0.1) is 0 Å². The van der Waals surface area contributed by atoms with Gasteiger partial charge in [0.05, 0.1) is 4.99 Å². The van der Waals surface area contributed by atoms with Crippen molar-refractivity contribution >= 4 is 23.1 Å². The van der Waals surface area contributed by atoms with Crippen molar-refractivity contribution in [3.63, 3.8) is 0 Å². The molecule has 0 spiro atoms. The zero-order valence-corrected chi connectivity index (χ0v) is 14.0. The van der Waals surface area contributed by atoms with E-state index in [1.54, 1.807) is 4.90 Å². The van der Waals surface area contributed by atoms with Gasteiger partial charge in [-0.25, -0.2) is 0 Å². The maximum atomic E-state index is 12.2. The van der Waals surface area contributed by atoms with Gasteiger partial charge in [0, 0.05) is 39.0 Å². The topological polar surface area (TPSA) is 49.6 Å². The van der Waals surface area contributed by atoms with Crippen molar-refractivity contribution < 1.29 is 4.79 Å². The van der Waals surface area contributed by atoms with Crippen LogP contribution in [-0.4, -0.2) is 53.4 Å². The van der Waals surface area contributed by atoms with Crippen LogP contribution in [0.3, 0.4) is 0 Å². The maximum Gasteiger partial charge on any atom is 0.223 e. The molecule has 1 saturated carbocycles. The molecule has 1 aliphatic carbocycles. The lowest BCUT2D eigenvalue weighted by molar-refractivity contribution is -0.130. The van der Waals surface area contributed by atoms with E-state index in [1.807, 2.05) is 7.05 Å². The van der Waals surface area contributed by atoms with Gasteiger partial charge >= 0.3 is 0 Å². The third-order valence-electron chi connectivity index (χ3n) is 5.09. The van der Waals surface area contributed by atoms with Crippen LogP contribution in [-0.2, 0) is 4.79 Å². The first-order valence-corrected chi connectivity index (χ1v) is 8.75. The highest BCUT2D eigenvalue weighted by Gasteiger charge is 2.33. The fraction of sp³-hybridized carbons (Fsp3) is 0.875. The second kappa shape index (κ2) is 8.08. The molecule has 1 saturated heterocycles. The van der Waals surface area contributed by atoms with E-state index in [9.17, 15) is 4.79 Å². The van der Waals surface area contributed by atoms with Crippen LogP contribution in [0.5, 0.6) is 0 Å². The molecular formula is C16H29N3OS. The van der Waals surface area contributed by atoms with Crippen LogP contribution in [0.4, 0.5) is 0 Å². The summed E-state index contributed by atoms with van der Waals surface area (Å²) >= 11 is 4.86. The van der Waals surface area contributed by atoms with E-state index in [4.69, 9.17) is 18.0 Å². The van der Waals surface area contributed by atoms with Crippen molar-refractivity contribution in [3.8, 4) is 0 Å². The van der Waals surface area contributed by atoms with Crippen LogP contribution in [0.15, 0.2) is 0 Å². The highest BCUT2D eigenvalue weighted by molar-refractivity contribution is 7.80. The molecule has 0 aromatic heterocycles. The van der Waals surface area contributed by atoms with Gasteiger partial charge in [0.15, 0.2) is 0 Å². The summed E-state index contributed by atoms with van der Waals surface area (Å²) in [5.41, 5.74) is 5.49. The number of nitrogens with zero attached hydrogens (tertiary/aromatic N) is 2. The van der Waals surface area contributed by atoms with Gasteiger partial charge in [-0.05, 0) is 38.1 Å². The van der Waals surface area contributed by atoms with Crippen molar-refractivity contribution in [2.45, 2.75) is 57.4 Å². The Hall–Kier alpha value is -0.680. The Morgan fingerprint density at radius 3 is 2.71 bits per heavy atom. The number of likely N-dealkylation sites (tertiary alicyclic amines) is 1. The lowest BCUT2D eigenvalue weighted by Gasteiger charge is -2.44. The van der Waals surface area contributed by atoms with Gasteiger partial charge in [-0.3, -0.25) is 9.69 Å². The molecule has 1 heterocycles. The number of rotatable bonds is 6. The van der Waals surface area contributed by atoms with Gasteiger partial charge < -0.3 is 10.6 Å². The first-order valence-electron chi connectivity index (χ1n) is 8.34. The molecule has 1 aliphatic heterocycles. The maximum absolute atomic E-state index is 12.2. The van der Waals surface area contributed by atoms with Crippen molar-refractivity contribution in [1.82, 2.24) is 9.80 Å². The molecular weight excluding hydrogens is 282 g/mol. The van der Waals surface area contributed by atoms with Gasteiger partial charge in [-0.2, -0.15) is 0 Å². The number of hydrogen-bond donors (Lipinski definition) is 1. The Balaban J connectivity index is 1.75. The highest BCUT2D eigenvalue weighted by Crippen LogP contribution is 2.35. The summed E-state index contributed by atoms with van der Waals surface area (Å²) in [5, 5.41) is 0. The SMILES string of the molecule is CN(CCC(N)=S)C(=O)CCN1CCCC2CCCCC21. The summed E-state index contributed by atoms with van der Waals surface area (Å²) in [6.45, 7) is 2.72. The Morgan fingerprint density at radius 1 is 1.24 bits per heavy atom. The monoisotopic (exact) mass is 311 g/mol. The molecule has 2 fully saturated rings. The minimum atomic E-state index is 0.212. The van der Waals surface area contributed by atoms with Gasteiger partial charge in [-0.1, -0.05) is 25.1 Å². The van der Waals surface area contributed by atoms with Crippen LogP contribution < -0.4 is 5.73 Å². The van der Waals surface area contributed by atoms with Crippen LogP contribution in [0, 0.1) is 5.92 Å². The fourth-order valence-corrected chi connectivity index (χ4v) is 3.93. The quantitative estimate of drug-likeness (QED) is 0.764. The molecule has 2 unspecified atom stereocenters. The first kappa shape index (κ1) is 16.7. The minimum Gasteiger partial charge on any atom is -0.393 e. The van der Waals surface area contributed by atoms with Crippen LogP contribution in [0.25, 0.3) is 0 Å². The number of piperidine rings is 1. The molecule has 0 aromatic carbocycles. The largest absolute Gasteiger partial charge is 0.393 e. The summed E-state index contributed by atoms with van der Waals surface area (Å²) in [4.78, 5) is 17.0. The van der Waals surface area contributed by atoms with Gasteiger partial charge in [0.2, 0.25) is 5.91 Å². The molecule has 2 aliphatic rings. The summed E-state index contributed by atoms with van der Waals surface area (Å²) < 4.78 is 0. The highest BCUT2D eigenvalue weighted by atomic mass is 32.1. The molecule has 4 nitrogen and oxygen atoms in total. The lowest BCUT2D eigenvalue weighted by Crippen LogP contribution is -2.47. The number of carbonyl (C=O) groups is 1. The molecule has 0 bridgehead atoms. The Bertz CT molecular complexity index is 373. The second-order valence-electron chi connectivity index (χ2n) is 6.57. The smallest absolute Gasteiger partial charge is 0.223 e. The van der Waals surface area contributed by atoms with Crippen LogP contribution in [0.2, 0.25) is 0 Å². The average molecular weight is 311 g/mol. The van der Waals surface area contributed by atoms with Crippen molar-refractivity contribution in [2.75, 3.05) is 26.7 Å². The van der Waals surface area contributed by atoms with Crippen molar-refractivity contribution in [2.24, 2.45) is 11.7 Å². The summed E-state index contributed by atoms with van der Waals surface area (Å²) in [6, 6.07) is 0.738. The number of nitrogens with two attached hydrogens (primary N) is 1. The number of hydrogen-bond acceptors (Lipinski definition) is 3. The molecule has 2 N–H and O–H groups in total. The Labute approximate surface area is 134 Å². The van der Waals surface area contributed by atoms with Crippen LogP contribution in [0.1, 0.15) is 51.4 Å². The number of carbonyl (C=O) groups excluding carboxylic acids is 1. The third-order valence-corrected chi connectivity index (χ3v) is 5.29.